The van der Waals surface area contributed by atoms with E-state index in [0.29, 0.717) is 6.54 Å². The van der Waals surface area contributed by atoms with Gasteiger partial charge in [0.1, 0.15) is 0 Å². The van der Waals surface area contributed by atoms with Crippen LogP contribution >= 0.6 is 11.6 Å². The van der Waals surface area contributed by atoms with Gasteiger partial charge in [0.05, 0.1) is 5.52 Å². The van der Waals surface area contributed by atoms with E-state index in [4.69, 9.17) is 17.3 Å². The molecule has 0 saturated carbocycles. The second kappa shape index (κ2) is 5.55. The lowest BCUT2D eigenvalue weighted by Crippen LogP contribution is -1.99. The maximum absolute atomic E-state index is 6.15. The van der Waals surface area contributed by atoms with Gasteiger partial charge in [0.2, 0.25) is 0 Å². The summed E-state index contributed by atoms with van der Waals surface area (Å²) >= 11 is 6.15. The van der Waals surface area contributed by atoms with Crippen LogP contribution in [0.25, 0.3) is 10.9 Å². The third-order valence-electron chi connectivity index (χ3n) is 3.78. The van der Waals surface area contributed by atoms with Crippen molar-refractivity contribution in [2.75, 3.05) is 0 Å². The molecule has 3 heteroatoms. The van der Waals surface area contributed by atoms with Crippen molar-refractivity contribution in [1.82, 2.24) is 4.57 Å². The van der Waals surface area contributed by atoms with E-state index in [2.05, 4.69) is 48.9 Å². The monoisotopic (exact) mass is 298 g/mol. The Morgan fingerprint density at radius 1 is 1.05 bits per heavy atom. The van der Waals surface area contributed by atoms with Gasteiger partial charge in [-0.2, -0.15) is 0 Å². The zero-order chi connectivity index (χ0) is 15.0. The number of aryl methyl sites for hydroxylation is 2. The zero-order valence-electron chi connectivity index (χ0n) is 12.4. The number of nitrogens with zero attached hydrogens (tertiary/aromatic N) is 1. The van der Waals surface area contributed by atoms with Gasteiger partial charge in [0.25, 0.3) is 0 Å². The predicted octanol–water partition coefficient (Wildman–Crippen LogP) is 4.42. The first kappa shape index (κ1) is 14.2. The van der Waals surface area contributed by atoms with E-state index in [-0.39, 0.29) is 0 Å². The molecule has 0 bridgehead atoms. The molecule has 0 fully saturated rings. The number of hydrogen-bond donors (Lipinski definition) is 1. The first-order chi connectivity index (χ1) is 10.1. The summed E-state index contributed by atoms with van der Waals surface area (Å²) in [4.78, 5) is 0. The van der Waals surface area contributed by atoms with Gasteiger partial charge in [-0.15, -0.1) is 0 Å². The molecule has 0 aliphatic heterocycles. The van der Waals surface area contributed by atoms with E-state index in [1.165, 1.54) is 22.1 Å². The number of benzene rings is 2. The van der Waals surface area contributed by atoms with Crippen LogP contribution in [0.3, 0.4) is 0 Å². The molecule has 0 radical (unpaired) electrons. The standard InChI is InChI=1S/C18H19ClN2/c1-12-5-13(2)7-14(6-12)10-21-11-15(9-20)17-4-3-16(19)8-18(17)21/h3-8,11H,9-10,20H2,1-2H3. The molecule has 0 unspecified atom stereocenters. The molecule has 21 heavy (non-hydrogen) atoms. The molecule has 3 aromatic rings. The van der Waals surface area contributed by atoms with Crippen molar-refractivity contribution in [3.63, 3.8) is 0 Å². The van der Waals surface area contributed by atoms with Gasteiger partial charge in [0, 0.05) is 29.7 Å². The van der Waals surface area contributed by atoms with E-state index in [0.717, 1.165) is 22.6 Å². The Bertz CT molecular complexity index is 782. The average molecular weight is 299 g/mol. The molecular formula is C18H19ClN2. The number of fused-ring (bicyclic) bond motifs is 1. The van der Waals surface area contributed by atoms with Gasteiger partial charge >= 0.3 is 0 Å². The molecule has 0 atom stereocenters. The van der Waals surface area contributed by atoms with Crippen molar-refractivity contribution in [3.8, 4) is 0 Å². The van der Waals surface area contributed by atoms with E-state index in [1.807, 2.05) is 12.1 Å². The van der Waals surface area contributed by atoms with Crippen molar-refractivity contribution in [3.05, 3.63) is 69.9 Å². The largest absolute Gasteiger partial charge is 0.343 e. The molecule has 2 aromatic carbocycles. The van der Waals surface area contributed by atoms with Crippen LogP contribution in [-0.2, 0) is 13.1 Å². The average Bonchev–Trinajstić information content (AvgIpc) is 2.75. The highest BCUT2D eigenvalue weighted by Gasteiger charge is 2.09. The summed E-state index contributed by atoms with van der Waals surface area (Å²) < 4.78 is 2.23. The lowest BCUT2D eigenvalue weighted by Gasteiger charge is -2.08. The Hall–Kier alpha value is -1.77. The Morgan fingerprint density at radius 2 is 1.76 bits per heavy atom. The minimum atomic E-state index is 0.540. The molecule has 0 spiro atoms. The molecule has 1 heterocycles. The highest BCUT2D eigenvalue weighted by atomic mass is 35.5. The van der Waals surface area contributed by atoms with Gasteiger partial charge in [-0.05, 0) is 37.1 Å². The SMILES string of the molecule is Cc1cc(C)cc(Cn2cc(CN)c3ccc(Cl)cc32)c1. The predicted molar refractivity (Wildman–Crippen MR) is 89.9 cm³/mol. The van der Waals surface area contributed by atoms with Crippen molar-refractivity contribution in [2.24, 2.45) is 5.73 Å². The molecular weight excluding hydrogens is 280 g/mol. The summed E-state index contributed by atoms with van der Waals surface area (Å²) in [5.41, 5.74) is 12.0. The molecule has 0 amide bonds. The Morgan fingerprint density at radius 3 is 2.43 bits per heavy atom. The van der Waals surface area contributed by atoms with Crippen molar-refractivity contribution < 1.29 is 0 Å². The maximum Gasteiger partial charge on any atom is 0.0501 e. The molecule has 108 valence electrons. The van der Waals surface area contributed by atoms with Crippen molar-refractivity contribution >= 4 is 22.5 Å². The van der Waals surface area contributed by atoms with Crippen molar-refractivity contribution in [2.45, 2.75) is 26.9 Å². The number of aromatic nitrogens is 1. The summed E-state index contributed by atoms with van der Waals surface area (Å²) in [6, 6.07) is 12.6. The van der Waals surface area contributed by atoms with E-state index < -0.39 is 0 Å². The van der Waals surface area contributed by atoms with Gasteiger partial charge in [-0.25, -0.2) is 0 Å². The van der Waals surface area contributed by atoms with E-state index in [1.54, 1.807) is 0 Å². The highest BCUT2D eigenvalue weighted by molar-refractivity contribution is 6.31. The summed E-state index contributed by atoms with van der Waals surface area (Å²) in [5, 5.41) is 1.94. The Kier molecular flexibility index (Phi) is 3.75. The maximum atomic E-state index is 6.15. The lowest BCUT2D eigenvalue weighted by molar-refractivity contribution is 0.827. The zero-order valence-corrected chi connectivity index (χ0v) is 13.1. The summed E-state index contributed by atoms with van der Waals surface area (Å²) in [5.74, 6) is 0. The lowest BCUT2D eigenvalue weighted by atomic mass is 10.1. The van der Waals surface area contributed by atoms with Gasteiger partial charge < -0.3 is 10.3 Å². The smallest absolute Gasteiger partial charge is 0.0501 e. The number of halogens is 1. The minimum absolute atomic E-state index is 0.540. The van der Waals surface area contributed by atoms with Gasteiger partial charge in [-0.1, -0.05) is 47.0 Å². The molecule has 2 N–H and O–H groups in total. The van der Waals surface area contributed by atoms with Crippen LogP contribution in [0, 0.1) is 13.8 Å². The van der Waals surface area contributed by atoms with Gasteiger partial charge in [0.15, 0.2) is 0 Å². The first-order valence-electron chi connectivity index (χ1n) is 7.11. The Balaban J connectivity index is 2.09. The Labute approximate surface area is 130 Å². The first-order valence-corrected chi connectivity index (χ1v) is 7.49. The van der Waals surface area contributed by atoms with E-state index >= 15 is 0 Å². The number of nitrogens with two attached hydrogens (primary N) is 1. The molecule has 0 saturated heterocycles. The minimum Gasteiger partial charge on any atom is -0.343 e. The molecule has 0 aliphatic carbocycles. The highest BCUT2D eigenvalue weighted by Crippen LogP contribution is 2.25. The summed E-state index contributed by atoms with van der Waals surface area (Å²) in [7, 11) is 0. The fourth-order valence-electron chi connectivity index (χ4n) is 2.99. The third-order valence-corrected chi connectivity index (χ3v) is 4.02. The molecule has 3 rings (SSSR count). The molecule has 1 aromatic heterocycles. The molecule has 2 nitrogen and oxygen atoms in total. The second-order valence-corrected chi connectivity index (χ2v) is 6.08. The normalized spacial score (nSPS) is 11.2. The van der Waals surface area contributed by atoms with Crippen LogP contribution in [-0.4, -0.2) is 4.57 Å². The van der Waals surface area contributed by atoms with Crippen LogP contribution in [0.4, 0.5) is 0 Å². The van der Waals surface area contributed by atoms with Crippen molar-refractivity contribution in [1.29, 1.82) is 0 Å². The quantitative estimate of drug-likeness (QED) is 0.762. The van der Waals surface area contributed by atoms with Crippen LogP contribution in [0.2, 0.25) is 5.02 Å². The van der Waals surface area contributed by atoms with Gasteiger partial charge in [-0.3, -0.25) is 0 Å². The van der Waals surface area contributed by atoms with Crippen LogP contribution < -0.4 is 5.73 Å². The molecule has 0 aliphatic rings. The number of hydrogen-bond acceptors (Lipinski definition) is 1. The summed E-state index contributed by atoms with van der Waals surface area (Å²) in [6.07, 6.45) is 2.14. The second-order valence-electron chi connectivity index (χ2n) is 5.64. The number of rotatable bonds is 3. The topological polar surface area (TPSA) is 30.9 Å². The van der Waals surface area contributed by atoms with Crippen LogP contribution in [0.15, 0.2) is 42.6 Å². The van der Waals surface area contributed by atoms with Crippen LogP contribution in [0.5, 0.6) is 0 Å². The van der Waals surface area contributed by atoms with E-state index in [9.17, 15) is 0 Å². The van der Waals surface area contributed by atoms with Crippen LogP contribution in [0.1, 0.15) is 22.3 Å². The summed E-state index contributed by atoms with van der Waals surface area (Å²) in [6.45, 7) is 5.64. The fraction of sp³-hybridized carbons (Fsp3) is 0.222. The third kappa shape index (κ3) is 2.82. The fourth-order valence-corrected chi connectivity index (χ4v) is 3.16.